The number of hydrogen-bond acceptors (Lipinski definition) is 5. The molecule has 26 heavy (non-hydrogen) atoms. The summed E-state index contributed by atoms with van der Waals surface area (Å²) in [5.41, 5.74) is 0.510. The van der Waals surface area contributed by atoms with Crippen LogP contribution in [0.4, 0.5) is 4.39 Å². The minimum atomic E-state index is -4.28. The molecule has 3 aromatic rings. The molecule has 0 spiro atoms. The summed E-state index contributed by atoms with van der Waals surface area (Å²) in [5, 5.41) is 0.415. The molecule has 3 rings (SSSR count). The largest absolute Gasteiger partial charge is 0.423 e. The Labute approximate surface area is 154 Å². The van der Waals surface area contributed by atoms with Gasteiger partial charge in [-0.15, -0.1) is 0 Å². The second-order valence-corrected chi connectivity index (χ2v) is 7.53. The van der Waals surface area contributed by atoms with Crippen LogP contribution in [0.15, 0.2) is 56.6 Å². The molecule has 0 radical (unpaired) electrons. The number of fused-ring (bicyclic) bond motifs is 1. The fourth-order valence-electron chi connectivity index (χ4n) is 2.59. The molecule has 1 heterocycles. The van der Waals surface area contributed by atoms with Gasteiger partial charge in [0.1, 0.15) is 22.0 Å². The van der Waals surface area contributed by atoms with E-state index >= 15 is 0 Å². The lowest BCUT2D eigenvalue weighted by atomic mass is 10.1. The van der Waals surface area contributed by atoms with Crippen LogP contribution in [0.5, 0.6) is 5.75 Å². The standard InChI is InChI=1S/C18H14ClFO5S/c1-2-3-11-8-18(21)24-16-10-13(5-6-14(11)16)25-26(22,23)17-7-4-12(20)9-15(17)19/h4-10H,2-3H2,1H3. The first-order valence-electron chi connectivity index (χ1n) is 7.76. The summed E-state index contributed by atoms with van der Waals surface area (Å²) in [4.78, 5) is 11.3. The van der Waals surface area contributed by atoms with Gasteiger partial charge in [0.2, 0.25) is 0 Å². The van der Waals surface area contributed by atoms with Crippen molar-refractivity contribution < 1.29 is 21.4 Å². The molecule has 0 aliphatic rings. The van der Waals surface area contributed by atoms with Crippen molar-refractivity contribution in [1.82, 2.24) is 0 Å². The van der Waals surface area contributed by atoms with Crippen molar-refractivity contribution >= 4 is 32.7 Å². The molecule has 0 amide bonds. The number of benzene rings is 2. The van der Waals surface area contributed by atoms with Crippen molar-refractivity contribution in [2.75, 3.05) is 0 Å². The Morgan fingerprint density at radius 2 is 1.92 bits per heavy atom. The van der Waals surface area contributed by atoms with E-state index in [9.17, 15) is 17.6 Å². The molecule has 0 aliphatic carbocycles. The highest BCUT2D eigenvalue weighted by Crippen LogP contribution is 2.28. The molecular weight excluding hydrogens is 383 g/mol. The van der Waals surface area contributed by atoms with Gasteiger partial charge in [-0.25, -0.2) is 9.18 Å². The zero-order valence-electron chi connectivity index (χ0n) is 13.7. The average molecular weight is 397 g/mol. The molecule has 0 aliphatic heterocycles. The lowest BCUT2D eigenvalue weighted by Gasteiger charge is -2.10. The molecule has 0 bridgehead atoms. The Balaban J connectivity index is 2.02. The zero-order valence-corrected chi connectivity index (χ0v) is 15.2. The molecule has 0 N–H and O–H groups in total. The highest BCUT2D eigenvalue weighted by Gasteiger charge is 2.21. The molecule has 5 nitrogen and oxygen atoms in total. The van der Waals surface area contributed by atoms with Gasteiger partial charge >= 0.3 is 15.7 Å². The first kappa shape index (κ1) is 18.4. The lowest BCUT2D eigenvalue weighted by Crippen LogP contribution is -2.10. The maximum Gasteiger partial charge on any atom is 0.340 e. The van der Waals surface area contributed by atoms with Gasteiger partial charge in [0.15, 0.2) is 0 Å². The summed E-state index contributed by atoms with van der Waals surface area (Å²) in [5.74, 6) is -0.709. The second kappa shape index (κ2) is 7.09. The maximum atomic E-state index is 13.1. The monoisotopic (exact) mass is 396 g/mol. The van der Waals surface area contributed by atoms with Gasteiger partial charge in [0, 0.05) is 17.5 Å². The van der Waals surface area contributed by atoms with Gasteiger partial charge in [-0.2, -0.15) is 8.42 Å². The van der Waals surface area contributed by atoms with E-state index in [1.54, 1.807) is 6.07 Å². The first-order valence-corrected chi connectivity index (χ1v) is 9.55. The molecular formula is C18H14ClFO5S. The van der Waals surface area contributed by atoms with Crippen LogP contribution in [-0.4, -0.2) is 8.42 Å². The third-order valence-corrected chi connectivity index (χ3v) is 5.42. The van der Waals surface area contributed by atoms with E-state index in [0.717, 1.165) is 30.2 Å². The van der Waals surface area contributed by atoms with Gasteiger partial charge in [-0.3, -0.25) is 0 Å². The van der Waals surface area contributed by atoms with Gasteiger partial charge in [-0.05, 0) is 42.3 Å². The molecule has 1 aromatic heterocycles. The first-order chi connectivity index (χ1) is 12.3. The average Bonchev–Trinajstić information content (AvgIpc) is 2.53. The summed E-state index contributed by atoms with van der Waals surface area (Å²) >= 11 is 5.79. The molecule has 0 saturated heterocycles. The van der Waals surface area contributed by atoms with Crippen LogP contribution in [-0.2, 0) is 16.5 Å². The van der Waals surface area contributed by atoms with E-state index in [2.05, 4.69) is 0 Å². The highest BCUT2D eigenvalue weighted by atomic mass is 35.5. The van der Waals surface area contributed by atoms with E-state index in [1.807, 2.05) is 6.92 Å². The van der Waals surface area contributed by atoms with E-state index in [1.165, 1.54) is 18.2 Å². The van der Waals surface area contributed by atoms with Crippen molar-refractivity contribution in [2.45, 2.75) is 24.7 Å². The van der Waals surface area contributed by atoms with Crippen molar-refractivity contribution in [3.8, 4) is 5.75 Å². The smallest absolute Gasteiger partial charge is 0.340 e. The maximum absolute atomic E-state index is 13.1. The zero-order chi connectivity index (χ0) is 18.9. The normalized spacial score (nSPS) is 11.7. The summed E-state index contributed by atoms with van der Waals surface area (Å²) < 4.78 is 48.1. The van der Waals surface area contributed by atoms with Crippen LogP contribution in [0.3, 0.4) is 0 Å². The van der Waals surface area contributed by atoms with Gasteiger partial charge in [0.05, 0.1) is 5.02 Å². The molecule has 136 valence electrons. The molecule has 8 heteroatoms. The van der Waals surface area contributed by atoms with Crippen LogP contribution in [0, 0.1) is 5.82 Å². The third kappa shape index (κ3) is 3.73. The Bertz CT molecular complexity index is 1140. The van der Waals surface area contributed by atoms with Crippen LogP contribution < -0.4 is 9.81 Å². The van der Waals surface area contributed by atoms with Crippen LogP contribution in [0.1, 0.15) is 18.9 Å². The second-order valence-electron chi connectivity index (χ2n) is 5.61. The Morgan fingerprint density at radius 3 is 2.62 bits per heavy atom. The number of hydrogen-bond donors (Lipinski definition) is 0. The van der Waals surface area contributed by atoms with E-state index in [4.69, 9.17) is 20.2 Å². The summed E-state index contributed by atoms with van der Waals surface area (Å²) in [6.07, 6.45) is 1.53. The molecule has 0 unspecified atom stereocenters. The van der Waals surface area contributed by atoms with Crippen molar-refractivity contribution in [2.24, 2.45) is 0 Å². The van der Waals surface area contributed by atoms with Crippen molar-refractivity contribution in [3.05, 3.63) is 69.3 Å². The van der Waals surface area contributed by atoms with Gasteiger partial charge in [-0.1, -0.05) is 24.9 Å². The van der Waals surface area contributed by atoms with Crippen LogP contribution in [0.2, 0.25) is 5.02 Å². The van der Waals surface area contributed by atoms with E-state index in [-0.39, 0.29) is 21.3 Å². The topological polar surface area (TPSA) is 73.6 Å². The fraction of sp³-hybridized carbons (Fsp3) is 0.167. The Morgan fingerprint density at radius 1 is 1.15 bits per heavy atom. The van der Waals surface area contributed by atoms with Crippen molar-refractivity contribution in [3.63, 3.8) is 0 Å². The highest BCUT2D eigenvalue weighted by molar-refractivity contribution is 7.87. The molecule has 0 saturated carbocycles. The SMILES string of the molecule is CCCc1cc(=O)oc2cc(OS(=O)(=O)c3ccc(F)cc3Cl)ccc12. The third-order valence-electron chi connectivity index (χ3n) is 3.69. The minimum absolute atomic E-state index is 0.0466. The molecule has 0 atom stereocenters. The fourth-order valence-corrected chi connectivity index (χ4v) is 4.02. The Kier molecular flexibility index (Phi) is 5.02. The lowest BCUT2D eigenvalue weighted by molar-refractivity contribution is 0.485. The van der Waals surface area contributed by atoms with Gasteiger partial charge in [0.25, 0.3) is 0 Å². The number of halogens is 2. The van der Waals surface area contributed by atoms with Crippen molar-refractivity contribution in [1.29, 1.82) is 0 Å². The Hall–Kier alpha value is -2.38. The number of aryl methyl sites for hydroxylation is 1. The summed E-state index contributed by atoms with van der Waals surface area (Å²) in [6.45, 7) is 1.98. The predicted molar refractivity (Wildman–Crippen MR) is 95.7 cm³/mol. The molecule has 0 fully saturated rings. The van der Waals surface area contributed by atoms with E-state index in [0.29, 0.717) is 11.8 Å². The summed E-state index contributed by atoms with van der Waals surface area (Å²) in [7, 11) is -4.28. The number of rotatable bonds is 5. The predicted octanol–water partition coefficient (Wildman–Crippen LogP) is 4.31. The summed E-state index contributed by atoms with van der Waals surface area (Å²) in [6, 6.07) is 8.70. The van der Waals surface area contributed by atoms with Crippen LogP contribution >= 0.6 is 11.6 Å². The van der Waals surface area contributed by atoms with Crippen LogP contribution in [0.25, 0.3) is 11.0 Å². The van der Waals surface area contributed by atoms with E-state index < -0.39 is 21.6 Å². The van der Waals surface area contributed by atoms with Gasteiger partial charge < -0.3 is 8.60 Å². The quantitative estimate of drug-likeness (QED) is 0.474. The minimum Gasteiger partial charge on any atom is -0.423 e. The molecule has 2 aromatic carbocycles.